The van der Waals surface area contributed by atoms with Gasteiger partial charge in [-0.15, -0.1) is 0 Å². The van der Waals surface area contributed by atoms with Gasteiger partial charge in [-0.25, -0.2) is 0 Å². The van der Waals surface area contributed by atoms with E-state index in [0.29, 0.717) is 13.0 Å². The topological polar surface area (TPSA) is 45.3 Å². The number of aryl methyl sites for hydroxylation is 1. The Kier molecular flexibility index (Phi) is 5.14. The second-order valence-corrected chi connectivity index (χ2v) is 7.28. The highest BCUT2D eigenvalue weighted by Crippen LogP contribution is 2.27. The highest BCUT2D eigenvalue weighted by molar-refractivity contribution is 5.85. The summed E-state index contributed by atoms with van der Waals surface area (Å²) in [6.07, 6.45) is 3.11. The third-order valence-electron chi connectivity index (χ3n) is 5.31. The zero-order chi connectivity index (χ0) is 18.6. The summed E-state index contributed by atoms with van der Waals surface area (Å²) in [5.74, 6) is 1.10. The van der Waals surface area contributed by atoms with Crippen LogP contribution in [0.1, 0.15) is 29.7 Å². The Morgan fingerprint density at radius 2 is 1.93 bits per heavy atom. The smallest absolute Gasteiger partial charge is 0.222 e. The van der Waals surface area contributed by atoms with Crippen LogP contribution in [-0.4, -0.2) is 35.5 Å². The SMILES string of the molecule is Cc1ccc2[nH]c3c(c2c1)CCN(C(=O)CCCOc1ccccc1)CC3. The van der Waals surface area contributed by atoms with Crippen molar-refractivity contribution in [2.75, 3.05) is 19.7 Å². The molecule has 0 unspecified atom stereocenters. The molecular weight excluding hydrogens is 336 g/mol. The second-order valence-electron chi connectivity index (χ2n) is 7.28. The number of carbonyl (C=O) groups excluding carboxylic acids is 1. The van der Waals surface area contributed by atoms with Gasteiger partial charge in [0.15, 0.2) is 0 Å². The lowest BCUT2D eigenvalue weighted by molar-refractivity contribution is -0.131. The number of para-hydroxylation sites is 1. The predicted molar refractivity (Wildman–Crippen MR) is 108 cm³/mol. The zero-order valence-corrected chi connectivity index (χ0v) is 15.8. The first-order chi connectivity index (χ1) is 13.2. The first-order valence-corrected chi connectivity index (χ1v) is 9.76. The maximum Gasteiger partial charge on any atom is 0.222 e. The van der Waals surface area contributed by atoms with E-state index in [2.05, 4.69) is 30.1 Å². The standard InChI is InChI=1S/C23H26N2O2/c1-17-9-10-21-20(16-17)19-11-13-25(14-12-22(19)24-21)23(26)8-5-15-27-18-6-3-2-4-7-18/h2-4,6-7,9-10,16,24H,5,8,11-15H2,1H3. The number of amides is 1. The van der Waals surface area contributed by atoms with Crippen LogP contribution in [0.3, 0.4) is 0 Å². The summed E-state index contributed by atoms with van der Waals surface area (Å²) in [6, 6.07) is 16.3. The van der Waals surface area contributed by atoms with E-state index < -0.39 is 0 Å². The van der Waals surface area contributed by atoms with E-state index >= 15 is 0 Å². The van der Waals surface area contributed by atoms with Gasteiger partial charge in [-0.2, -0.15) is 0 Å². The number of benzene rings is 2. The average molecular weight is 362 g/mol. The molecule has 1 aliphatic heterocycles. The van der Waals surface area contributed by atoms with Gasteiger partial charge < -0.3 is 14.6 Å². The molecule has 0 bridgehead atoms. The molecule has 0 saturated carbocycles. The fraction of sp³-hybridized carbons (Fsp3) is 0.348. The van der Waals surface area contributed by atoms with Gasteiger partial charge >= 0.3 is 0 Å². The molecule has 1 aliphatic rings. The van der Waals surface area contributed by atoms with Crippen LogP contribution in [0, 0.1) is 6.92 Å². The lowest BCUT2D eigenvalue weighted by atomic mass is 10.1. The third kappa shape index (κ3) is 4.00. The van der Waals surface area contributed by atoms with Gasteiger partial charge in [-0.05, 0) is 49.6 Å². The zero-order valence-electron chi connectivity index (χ0n) is 15.8. The van der Waals surface area contributed by atoms with Gasteiger partial charge in [0.2, 0.25) is 5.91 Å². The van der Waals surface area contributed by atoms with Gasteiger partial charge in [0.25, 0.3) is 0 Å². The third-order valence-corrected chi connectivity index (χ3v) is 5.31. The van der Waals surface area contributed by atoms with Gasteiger partial charge in [0.1, 0.15) is 5.75 Å². The summed E-state index contributed by atoms with van der Waals surface area (Å²) in [7, 11) is 0. The quantitative estimate of drug-likeness (QED) is 0.689. The number of nitrogens with one attached hydrogen (secondary N) is 1. The number of fused-ring (bicyclic) bond motifs is 3. The number of aromatic nitrogens is 1. The monoisotopic (exact) mass is 362 g/mol. The molecule has 4 heteroatoms. The van der Waals surface area contributed by atoms with E-state index in [1.165, 1.54) is 27.7 Å². The normalized spacial score (nSPS) is 14.0. The summed E-state index contributed by atoms with van der Waals surface area (Å²) >= 11 is 0. The number of rotatable bonds is 5. The first-order valence-electron chi connectivity index (χ1n) is 9.76. The molecule has 2 aromatic carbocycles. The molecule has 1 N–H and O–H groups in total. The van der Waals surface area contributed by atoms with Crippen LogP contribution >= 0.6 is 0 Å². The average Bonchev–Trinajstić information content (AvgIpc) is 2.88. The Hall–Kier alpha value is -2.75. The maximum atomic E-state index is 12.6. The molecule has 1 amide bonds. The number of hydrogen-bond acceptors (Lipinski definition) is 2. The molecule has 140 valence electrons. The number of carbonyl (C=O) groups is 1. The minimum Gasteiger partial charge on any atom is -0.494 e. The van der Waals surface area contributed by atoms with Crippen molar-refractivity contribution in [2.24, 2.45) is 0 Å². The summed E-state index contributed by atoms with van der Waals surface area (Å²) in [4.78, 5) is 18.2. The Morgan fingerprint density at radius 1 is 1.11 bits per heavy atom. The largest absolute Gasteiger partial charge is 0.494 e. The molecule has 3 aromatic rings. The van der Waals surface area contributed by atoms with Crippen LogP contribution in [0.25, 0.3) is 10.9 Å². The molecule has 2 heterocycles. The fourth-order valence-electron chi connectivity index (χ4n) is 3.86. The van der Waals surface area contributed by atoms with Crippen molar-refractivity contribution in [3.8, 4) is 5.75 Å². The van der Waals surface area contributed by atoms with Gasteiger partial charge in [0.05, 0.1) is 6.61 Å². The summed E-state index contributed by atoms with van der Waals surface area (Å²) < 4.78 is 5.69. The van der Waals surface area contributed by atoms with E-state index in [0.717, 1.165) is 38.1 Å². The summed E-state index contributed by atoms with van der Waals surface area (Å²) in [5, 5.41) is 1.32. The number of aromatic amines is 1. The predicted octanol–water partition coefficient (Wildman–Crippen LogP) is 4.26. The van der Waals surface area contributed by atoms with Crippen LogP contribution in [0.15, 0.2) is 48.5 Å². The summed E-state index contributed by atoms with van der Waals surface area (Å²) in [5.41, 5.74) is 5.16. The van der Waals surface area contributed by atoms with E-state index in [-0.39, 0.29) is 5.91 Å². The second kappa shape index (κ2) is 7.87. The van der Waals surface area contributed by atoms with Crippen LogP contribution in [0.2, 0.25) is 0 Å². The van der Waals surface area contributed by atoms with E-state index in [1.54, 1.807) is 0 Å². The van der Waals surface area contributed by atoms with Crippen molar-refractivity contribution >= 4 is 16.8 Å². The molecule has 0 aliphatic carbocycles. The van der Waals surface area contributed by atoms with Gasteiger partial charge in [-0.3, -0.25) is 4.79 Å². The summed E-state index contributed by atoms with van der Waals surface area (Å²) in [6.45, 7) is 4.29. The lowest BCUT2D eigenvalue weighted by Gasteiger charge is -2.20. The van der Waals surface area contributed by atoms with Crippen molar-refractivity contribution in [3.63, 3.8) is 0 Å². The number of hydrogen-bond donors (Lipinski definition) is 1. The lowest BCUT2D eigenvalue weighted by Crippen LogP contribution is -2.33. The molecule has 4 rings (SSSR count). The molecule has 0 atom stereocenters. The van der Waals surface area contributed by atoms with Gasteiger partial charge in [0, 0.05) is 42.5 Å². The Balaban J connectivity index is 1.31. The van der Waals surface area contributed by atoms with Crippen LogP contribution in [0.4, 0.5) is 0 Å². The first kappa shape index (κ1) is 17.7. The molecule has 0 radical (unpaired) electrons. The van der Waals surface area contributed by atoms with Gasteiger partial charge in [-0.1, -0.05) is 29.8 Å². The number of H-pyrrole nitrogens is 1. The Morgan fingerprint density at radius 3 is 2.78 bits per heavy atom. The Labute approximate surface area is 160 Å². The van der Waals surface area contributed by atoms with E-state index in [4.69, 9.17) is 4.74 Å². The molecule has 27 heavy (non-hydrogen) atoms. The van der Waals surface area contributed by atoms with Crippen LogP contribution < -0.4 is 4.74 Å². The minimum atomic E-state index is 0.234. The fourth-order valence-corrected chi connectivity index (χ4v) is 3.86. The van der Waals surface area contributed by atoms with Crippen LogP contribution in [0.5, 0.6) is 5.75 Å². The van der Waals surface area contributed by atoms with Crippen molar-refractivity contribution in [1.82, 2.24) is 9.88 Å². The number of nitrogens with zero attached hydrogens (tertiary/aromatic N) is 1. The number of ether oxygens (including phenoxy) is 1. The van der Waals surface area contributed by atoms with Crippen molar-refractivity contribution < 1.29 is 9.53 Å². The van der Waals surface area contributed by atoms with Crippen molar-refractivity contribution in [2.45, 2.75) is 32.6 Å². The van der Waals surface area contributed by atoms with E-state index in [9.17, 15) is 4.79 Å². The Bertz CT molecular complexity index is 930. The molecule has 4 nitrogen and oxygen atoms in total. The maximum absolute atomic E-state index is 12.6. The molecular formula is C23H26N2O2. The highest BCUT2D eigenvalue weighted by Gasteiger charge is 2.21. The molecule has 0 saturated heterocycles. The molecule has 0 fully saturated rings. The molecule has 0 spiro atoms. The van der Waals surface area contributed by atoms with E-state index in [1.807, 2.05) is 35.2 Å². The van der Waals surface area contributed by atoms with Crippen LogP contribution in [-0.2, 0) is 17.6 Å². The highest BCUT2D eigenvalue weighted by atomic mass is 16.5. The minimum absolute atomic E-state index is 0.234. The molecule has 1 aromatic heterocycles. The van der Waals surface area contributed by atoms with Crippen molar-refractivity contribution in [1.29, 1.82) is 0 Å². The van der Waals surface area contributed by atoms with Crippen molar-refractivity contribution in [3.05, 3.63) is 65.4 Å².